The third kappa shape index (κ3) is 5.01. The van der Waals surface area contributed by atoms with Gasteiger partial charge in [0.05, 0.1) is 11.3 Å². The molecule has 0 fully saturated rings. The molecular weight excluding hydrogens is 366 g/mol. The maximum absolute atomic E-state index is 12.4. The monoisotopic (exact) mass is 372 g/mol. The van der Waals surface area contributed by atoms with E-state index >= 15 is 0 Å². The van der Waals surface area contributed by atoms with Gasteiger partial charge in [0.2, 0.25) is 17.2 Å². The molecule has 0 saturated heterocycles. The molecule has 130 valence electrons. The molecule has 1 N–H and O–H groups in total. The fourth-order valence-electron chi connectivity index (χ4n) is 1.36. The van der Waals surface area contributed by atoms with E-state index in [0.717, 1.165) is 6.07 Å². The van der Waals surface area contributed by atoms with Gasteiger partial charge in [-0.25, -0.2) is 0 Å². The Kier molecular flexibility index (Phi) is 6.01. The van der Waals surface area contributed by atoms with Crippen LogP contribution in [0.2, 0.25) is 0 Å². The fourth-order valence-corrected chi connectivity index (χ4v) is 1.59. The molecule has 0 saturated carbocycles. The van der Waals surface area contributed by atoms with E-state index in [9.17, 15) is 35.3 Å². The third-order valence-corrected chi connectivity index (χ3v) is 2.65. The molecule has 0 unspecified atom stereocenters. The Labute approximate surface area is 133 Å². The highest BCUT2D eigenvalue weighted by Gasteiger charge is 2.46. The first-order chi connectivity index (χ1) is 11.0. The summed E-state index contributed by atoms with van der Waals surface area (Å²) in [5.74, 6) is -5.66. The number of carbonyl (C=O) groups excluding carboxylic acids is 1. The summed E-state index contributed by atoms with van der Waals surface area (Å²) in [6.45, 7) is 0. The molecule has 0 aliphatic heterocycles. The molecule has 0 amide bonds. The number of alkyl halides is 6. The molecule has 0 heterocycles. The molecule has 0 radical (unpaired) electrons. The van der Waals surface area contributed by atoms with E-state index in [2.05, 4.69) is 9.36 Å². The molecule has 0 spiro atoms. The van der Waals surface area contributed by atoms with Gasteiger partial charge < -0.3 is 5.11 Å². The van der Waals surface area contributed by atoms with Gasteiger partial charge in [-0.05, 0) is 12.1 Å². The number of Topliss-reactive ketones (excluding diaryl/α,β-unsaturated/α-hetero) is 1. The Morgan fingerprint density at radius 1 is 1.04 bits per heavy atom. The van der Waals surface area contributed by atoms with Crippen LogP contribution in [0.5, 0.6) is 0 Å². The molecule has 24 heavy (non-hydrogen) atoms. The number of nitrogens with zero attached hydrogens (tertiary/aromatic N) is 2. The zero-order valence-electron chi connectivity index (χ0n) is 11.2. The maximum Gasteiger partial charge on any atom is 0.455 e. The summed E-state index contributed by atoms with van der Waals surface area (Å²) in [6, 6.07) is 5.06. The third-order valence-electron chi connectivity index (χ3n) is 2.38. The lowest BCUT2D eigenvalue weighted by Crippen LogP contribution is -2.29. The molecule has 5 nitrogen and oxygen atoms in total. The Morgan fingerprint density at radius 2 is 1.58 bits per heavy atom. The first-order valence-electron chi connectivity index (χ1n) is 5.73. The number of aliphatic hydroxyl groups is 1. The molecule has 0 aliphatic carbocycles. The van der Waals surface area contributed by atoms with E-state index in [0.29, 0.717) is 0 Å². The number of para-hydroxylation sites is 1. The van der Waals surface area contributed by atoms with Crippen LogP contribution in [0.15, 0.2) is 45.0 Å². The number of carbonyl (C=O) groups is 1. The van der Waals surface area contributed by atoms with Crippen molar-refractivity contribution in [1.29, 1.82) is 0 Å². The minimum Gasteiger partial charge on any atom is -0.504 e. The number of rotatable bonds is 4. The van der Waals surface area contributed by atoms with Gasteiger partial charge in [-0.3, -0.25) is 9.79 Å². The number of aliphatic hydroxyl groups excluding tert-OH is 1. The largest absolute Gasteiger partial charge is 0.504 e. The van der Waals surface area contributed by atoms with Gasteiger partial charge in [-0.2, -0.15) is 34.9 Å². The number of halogens is 6. The van der Waals surface area contributed by atoms with Crippen LogP contribution in [0.4, 0.5) is 37.7 Å². The quantitative estimate of drug-likeness (QED) is 0.377. The number of hydrogen-bond acceptors (Lipinski definition) is 5. The summed E-state index contributed by atoms with van der Waals surface area (Å²) in [5.41, 5.74) is -2.50. The molecule has 0 aliphatic rings. The second kappa shape index (κ2) is 7.38. The minimum absolute atomic E-state index is 0.0809. The van der Waals surface area contributed by atoms with Crippen LogP contribution >= 0.6 is 0 Å². The first-order valence-corrected chi connectivity index (χ1v) is 6.43. The number of ketones is 1. The van der Waals surface area contributed by atoms with Gasteiger partial charge in [0.15, 0.2) is 0 Å². The summed E-state index contributed by atoms with van der Waals surface area (Å²) in [6.07, 6.45) is -11.3. The van der Waals surface area contributed by atoms with Crippen molar-refractivity contribution >= 4 is 34.8 Å². The normalized spacial score (nSPS) is 13.6. The van der Waals surface area contributed by atoms with Crippen LogP contribution < -0.4 is 0 Å². The Morgan fingerprint density at radius 3 is 2.04 bits per heavy atom. The van der Waals surface area contributed by atoms with E-state index in [1.54, 1.807) is 0 Å². The zero-order chi connectivity index (χ0) is 18.5. The fraction of sp³-hybridized carbons (Fsp3) is 0.167. The second-order valence-corrected chi connectivity index (χ2v) is 4.33. The number of hydrogen-bond donors (Lipinski definition) is 1. The van der Waals surface area contributed by atoms with Gasteiger partial charge in [0, 0.05) is 6.21 Å². The molecule has 1 rings (SSSR count). The molecular formula is C12H6F6N2O3S. The van der Waals surface area contributed by atoms with Gasteiger partial charge in [0.25, 0.3) is 5.78 Å². The average molecular weight is 372 g/mol. The lowest BCUT2D eigenvalue weighted by Gasteiger charge is -2.11. The van der Waals surface area contributed by atoms with Gasteiger partial charge in [0.1, 0.15) is 5.69 Å². The van der Waals surface area contributed by atoms with Crippen LogP contribution in [-0.2, 0) is 16.3 Å². The Balaban J connectivity index is 3.45. The molecule has 0 bridgehead atoms. The minimum atomic E-state index is -5.66. The highest BCUT2D eigenvalue weighted by Crippen LogP contribution is 2.31. The highest BCUT2D eigenvalue weighted by molar-refractivity contribution is 7.54. The summed E-state index contributed by atoms with van der Waals surface area (Å²) in [5, 5.41) is 8.89. The Bertz CT molecular complexity index is 748. The highest BCUT2D eigenvalue weighted by atomic mass is 32.1. The SMILES string of the molecule is O=S=Nc1ccccc1N=CC(C(=O)C(F)(F)F)=C(O)C(F)(F)F. The van der Waals surface area contributed by atoms with Crippen molar-refractivity contribution < 1.29 is 40.5 Å². The lowest BCUT2D eigenvalue weighted by atomic mass is 10.1. The zero-order valence-corrected chi connectivity index (χ0v) is 12.0. The van der Waals surface area contributed by atoms with Crippen molar-refractivity contribution in [2.75, 3.05) is 0 Å². The number of allylic oxidation sites excluding steroid dienone is 2. The lowest BCUT2D eigenvalue weighted by molar-refractivity contribution is -0.167. The average Bonchev–Trinajstić information content (AvgIpc) is 2.47. The topological polar surface area (TPSA) is 79.1 Å². The van der Waals surface area contributed by atoms with E-state index < -0.39 is 29.5 Å². The number of aliphatic imine (C=N–C) groups is 1. The molecule has 12 heteroatoms. The predicted molar refractivity (Wildman–Crippen MR) is 71.6 cm³/mol. The molecule has 0 atom stereocenters. The van der Waals surface area contributed by atoms with E-state index in [4.69, 9.17) is 5.11 Å². The second-order valence-electron chi connectivity index (χ2n) is 4.00. The van der Waals surface area contributed by atoms with Gasteiger partial charge >= 0.3 is 12.4 Å². The molecule has 1 aromatic rings. The van der Waals surface area contributed by atoms with E-state index in [-0.39, 0.29) is 29.1 Å². The standard InChI is InChI=1S/C12H6F6N2O3S/c13-11(14,15)9(21)6(10(22)12(16,17)18)5-19-7-3-1-2-4-8(7)20-24-23/h1-5,21H. The Hall–Kier alpha value is -2.50. The van der Waals surface area contributed by atoms with Crippen molar-refractivity contribution in [1.82, 2.24) is 0 Å². The summed E-state index contributed by atoms with van der Waals surface area (Å²) in [7, 11) is 0. The van der Waals surface area contributed by atoms with E-state index in [1.807, 2.05) is 0 Å². The van der Waals surface area contributed by atoms with Crippen LogP contribution in [0, 0.1) is 0 Å². The van der Waals surface area contributed by atoms with Crippen molar-refractivity contribution in [3.8, 4) is 0 Å². The van der Waals surface area contributed by atoms with Crippen molar-refractivity contribution in [2.24, 2.45) is 9.36 Å². The number of benzene rings is 1. The first kappa shape index (κ1) is 19.5. The summed E-state index contributed by atoms with van der Waals surface area (Å²) in [4.78, 5) is 14.4. The van der Waals surface area contributed by atoms with Crippen LogP contribution in [0.3, 0.4) is 0 Å². The van der Waals surface area contributed by atoms with Gasteiger partial charge in [-0.15, -0.1) is 0 Å². The van der Waals surface area contributed by atoms with Crippen molar-refractivity contribution in [2.45, 2.75) is 12.4 Å². The van der Waals surface area contributed by atoms with Crippen LogP contribution in [-0.4, -0.2) is 33.7 Å². The maximum atomic E-state index is 12.4. The molecule has 1 aromatic carbocycles. The van der Waals surface area contributed by atoms with Gasteiger partial charge in [-0.1, -0.05) is 12.1 Å². The van der Waals surface area contributed by atoms with E-state index in [1.165, 1.54) is 18.2 Å². The molecule has 0 aromatic heterocycles. The summed E-state index contributed by atoms with van der Waals surface area (Å²) < 4.78 is 88.1. The predicted octanol–water partition coefficient (Wildman–Crippen LogP) is 3.92. The van der Waals surface area contributed by atoms with Crippen molar-refractivity contribution in [3.05, 3.63) is 35.6 Å². The smallest absolute Gasteiger partial charge is 0.455 e. The van der Waals surface area contributed by atoms with Crippen LogP contribution in [0.1, 0.15) is 0 Å². The van der Waals surface area contributed by atoms with Crippen molar-refractivity contribution in [3.63, 3.8) is 0 Å². The van der Waals surface area contributed by atoms with Crippen LogP contribution in [0.25, 0.3) is 0 Å². The summed E-state index contributed by atoms with van der Waals surface area (Å²) >= 11 is -0.263.